The first-order valence-corrected chi connectivity index (χ1v) is 8.88. The van der Waals surface area contributed by atoms with Gasteiger partial charge in [-0.2, -0.15) is 4.80 Å². The molecule has 0 fully saturated rings. The molecule has 3 rings (SSSR count). The predicted molar refractivity (Wildman–Crippen MR) is 102 cm³/mol. The molecule has 1 amide bonds. The van der Waals surface area contributed by atoms with Crippen LogP contribution in [0.3, 0.4) is 0 Å². The summed E-state index contributed by atoms with van der Waals surface area (Å²) in [5.41, 5.74) is 1.59. The van der Waals surface area contributed by atoms with E-state index in [2.05, 4.69) is 20.7 Å². The molecule has 0 saturated carbocycles. The number of benzene rings is 2. The van der Waals surface area contributed by atoms with Crippen molar-refractivity contribution in [1.82, 2.24) is 25.5 Å². The molecule has 0 bridgehead atoms. The highest BCUT2D eigenvalue weighted by molar-refractivity contribution is 6.30. The lowest BCUT2D eigenvalue weighted by Gasteiger charge is -2.16. The molecule has 144 valence electrons. The molecule has 3 aromatic rings. The third-order valence-electron chi connectivity index (χ3n) is 3.92. The quantitative estimate of drug-likeness (QED) is 0.609. The Labute approximate surface area is 166 Å². The molecule has 1 N–H and O–H groups in total. The molecule has 0 unspecified atom stereocenters. The summed E-state index contributed by atoms with van der Waals surface area (Å²) in [5, 5.41) is 15.2. The number of rotatable bonds is 7. The van der Waals surface area contributed by atoms with Gasteiger partial charge in [0.2, 0.25) is 11.7 Å². The lowest BCUT2D eigenvalue weighted by Crippen LogP contribution is -2.44. The van der Waals surface area contributed by atoms with Gasteiger partial charge in [-0.05, 0) is 22.9 Å². The van der Waals surface area contributed by atoms with Crippen LogP contribution in [0.2, 0.25) is 5.02 Å². The summed E-state index contributed by atoms with van der Waals surface area (Å²) in [4.78, 5) is 25.5. The summed E-state index contributed by atoms with van der Waals surface area (Å²) in [7, 11) is 1.28. The maximum atomic E-state index is 12.4. The summed E-state index contributed by atoms with van der Waals surface area (Å²) in [6, 6.07) is 15.6. The van der Waals surface area contributed by atoms with Gasteiger partial charge < -0.3 is 10.1 Å². The fourth-order valence-corrected chi connectivity index (χ4v) is 2.80. The van der Waals surface area contributed by atoms with Crippen LogP contribution >= 0.6 is 11.6 Å². The van der Waals surface area contributed by atoms with Gasteiger partial charge >= 0.3 is 5.97 Å². The van der Waals surface area contributed by atoms with Gasteiger partial charge in [0.15, 0.2) is 0 Å². The third-order valence-corrected chi connectivity index (χ3v) is 4.16. The van der Waals surface area contributed by atoms with Crippen molar-refractivity contribution in [3.05, 3.63) is 65.2 Å². The SMILES string of the molecule is COC(=O)[C@H](Cc1ccccc1)NC(=O)Cn1nnc(-c2cccc(Cl)c2)n1. The number of carbonyl (C=O) groups is 2. The van der Waals surface area contributed by atoms with E-state index in [1.54, 1.807) is 24.3 Å². The van der Waals surface area contributed by atoms with Gasteiger partial charge in [-0.1, -0.05) is 54.1 Å². The highest BCUT2D eigenvalue weighted by Crippen LogP contribution is 2.18. The van der Waals surface area contributed by atoms with E-state index >= 15 is 0 Å². The summed E-state index contributed by atoms with van der Waals surface area (Å²) in [5.74, 6) is -0.603. The van der Waals surface area contributed by atoms with Crippen LogP contribution in [0.25, 0.3) is 11.4 Å². The van der Waals surface area contributed by atoms with E-state index < -0.39 is 17.9 Å². The van der Waals surface area contributed by atoms with Crippen molar-refractivity contribution in [2.45, 2.75) is 19.0 Å². The molecule has 1 heterocycles. The molecule has 0 radical (unpaired) electrons. The van der Waals surface area contributed by atoms with Crippen molar-refractivity contribution in [2.75, 3.05) is 7.11 Å². The van der Waals surface area contributed by atoms with E-state index in [9.17, 15) is 9.59 Å². The van der Waals surface area contributed by atoms with Gasteiger partial charge in [0.05, 0.1) is 7.11 Å². The molecule has 2 aromatic carbocycles. The number of aromatic nitrogens is 4. The Balaban J connectivity index is 1.65. The number of amides is 1. The van der Waals surface area contributed by atoms with Crippen molar-refractivity contribution < 1.29 is 14.3 Å². The molecule has 0 aliphatic rings. The van der Waals surface area contributed by atoms with E-state index in [0.717, 1.165) is 10.4 Å². The lowest BCUT2D eigenvalue weighted by molar-refractivity contribution is -0.145. The minimum absolute atomic E-state index is 0.185. The van der Waals surface area contributed by atoms with Crippen LogP contribution in [0.15, 0.2) is 54.6 Å². The number of esters is 1. The van der Waals surface area contributed by atoms with Crippen LogP contribution in [0, 0.1) is 0 Å². The first kappa shape index (κ1) is 19.5. The summed E-state index contributed by atoms with van der Waals surface area (Å²) in [6.45, 7) is -0.185. The molecule has 0 aliphatic heterocycles. The predicted octanol–water partition coefficient (Wildman–Crippen LogP) is 1.89. The van der Waals surface area contributed by atoms with Crippen molar-refractivity contribution in [3.8, 4) is 11.4 Å². The van der Waals surface area contributed by atoms with E-state index in [-0.39, 0.29) is 6.54 Å². The average molecular weight is 400 g/mol. The van der Waals surface area contributed by atoms with Gasteiger partial charge in [-0.15, -0.1) is 10.2 Å². The lowest BCUT2D eigenvalue weighted by atomic mass is 10.1. The molecular formula is C19H18ClN5O3. The molecule has 0 aliphatic carbocycles. The maximum Gasteiger partial charge on any atom is 0.328 e. The zero-order valence-corrected chi connectivity index (χ0v) is 15.8. The molecule has 9 heteroatoms. The van der Waals surface area contributed by atoms with E-state index in [1.165, 1.54) is 7.11 Å². The standard InChI is InChI=1S/C19H18ClN5O3/c1-28-19(27)16(10-13-6-3-2-4-7-13)21-17(26)12-25-23-18(22-24-25)14-8-5-9-15(20)11-14/h2-9,11,16H,10,12H2,1H3,(H,21,26)/t16-/m0/s1. The second-order valence-corrected chi connectivity index (χ2v) is 6.42. The Kier molecular flexibility index (Phi) is 6.33. The number of tetrazole rings is 1. The number of methoxy groups -OCH3 is 1. The van der Waals surface area contributed by atoms with E-state index in [0.29, 0.717) is 22.8 Å². The van der Waals surface area contributed by atoms with Gasteiger partial charge in [0.25, 0.3) is 0 Å². The van der Waals surface area contributed by atoms with E-state index in [4.69, 9.17) is 16.3 Å². The van der Waals surface area contributed by atoms with Gasteiger partial charge in [-0.3, -0.25) is 4.79 Å². The van der Waals surface area contributed by atoms with Gasteiger partial charge in [-0.25, -0.2) is 4.79 Å². The number of nitrogens with zero attached hydrogens (tertiary/aromatic N) is 4. The van der Waals surface area contributed by atoms with Crippen molar-refractivity contribution in [3.63, 3.8) is 0 Å². The van der Waals surface area contributed by atoms with Crippen LogP contribution in [-0.2, 0) is 27.3 Å². The van der Waals surface area contributed by atoms with Crippen LogP contribution in [0.4, 0.5) is 0 Å². The van der Waals surface area contributed by atoms with Crippen LogP contribution in [-0.4, -0.2) is 45.2 Å². The minimum Gasteiger partial charge on any atom is -0.467 e. The highest BCUT2D eigenvalue weighted by Gasteiger charge is 2.22. The van der Waals surface area contributed by atoms with Crippen molar-refractivity contribution in [2.24, 2.45) is 0 Å². The van der Waals surface area contributed by atoms with Crippen LogP contribution in [0.1, 0.15) is 5.56 Å². The number of nitrogens with one attached hydrogen (secondary N) is 1. The second kappa shape index (κ2) is 9.09. The van der Waals surface area contributed by atoms with Gasteiger partial charge in [0.1, 0.15) is 12.6 Å². The Morgan fingerprint density at radius 1 is 1.18 bits per heavy atom. The van der Waals surface area contributed by atoms with E-state index in [1.807, 2.05) is 30.3 Å². The number of carbonyl (C=O) groups excluding carboxylic acids is 2. The Bertz CT molecular complexity index is 961. The molecule has 28 heavy (non-hydrogen) atoms. The molecular weight excluding hydrogens is 382 g/mol. The van der Waals surface area contributed by atoms with Crippen molar-refractivity contribution in [1.29, 1.82) is 0 Å². The number of hydrogen-bond donors (Lipinski definition) is 1. The fourth-order valence-electron chi connectivity index (χ4n) is 2.61. The average Bonchev–Trinajstić information content (AvgIpc) is 3.16. The largest absolute Gasteiger partial charge is 0.467 e. The normalized spacial score (nSPS) is 11.6. The molecule has 1 aromatic heterocycles. The Hall–Kier alpha value is -3.26. The fraction of sp³-hybridized carbons (Fsp3) is 0.211. The zero-order valence-electron chi connectivity index (χ0n) is 15.1. The Morgan fingerprint density at radius 3 is 2.68 bits per heavy atom. The first-order chi connectivity index (χ1) is 13.5. The molecule has 1 atom stereocenters. The Morgan fingerprint density at radius 2 is 1.96 bits per heavy atom. The summed E-state index contributed by atoms with van der Waals surface area (Å²) in [6.07, 6.45) is 0.317. The zero-order chi connectivity index (χ0) is 19.9. The second-order valence-electron chi connectivity index (χ2n) is 5.99. The van der Waals surface area contributed by atoms with Crippen LogP contribution in [0.5, 0.6) is 0 Å². The number of ether oxygens (including phenoxy) is 1. The van der Waals surface area contributed by atoms with Gasteiger partial charge in [0, 0.05) is 17.0 Å². The molecule has 0 saturated heterocycles. The minimum atomic E-state index is -0.809. The maximum absolute atomic E-state index is 12.4. The topological polar surface area (TPSA) is 99.0 Å². The summed E-state index contributed by atoms with van der Waals surface area (Å²) >= 11 is 5.96. The molecule has 8 nitrogen and oxygen atoms in total. The monoisotopic (exact) mass is 399 g/mol. The first-order valence-electron chi connectivity index (χ1n) is 8.50. The van der Waals surface area contributed by atoms with Crippen molar-refractivity contribution >= 4 is 23.5 Å². The molecule has 0 spiro atoms. The number of hydrogen-bond acceptors (Lipinski definition) is 6. The van der Waals surface area contributed by atoms with Crippen LogP contribution < -0.4 is 5.32 Å². The number of halogens is 1. The smallest absolute Gasteiger partial charge is 0.328 e. The highest BCUT2D eigenvalue weighted by atomic mass is 35.5. The summed E-state index contributed by atoms with van der Waals surface area (Å²) < 4.78 is 4.79. The third kappa shape index (κ3) is 5.14.